The van der Waals surface area contributed by atoms with Crippen LogP contribution in [0.15, 0.2) is 6.33 Å². The maximum Gasteiger partial charge on any atom is 0.0925 e. The van der Waals surface area contributed by atoms with Crippen molar-refractivity contribution in [3.05, 3.63) is 17.7 Å². The molecule has 5 nitrogen and oxygen atoms in total. The van der Waals surface area contributed by atoms with Crippen LogP contribution in [0, 0.1) is 12.8 Å². The SMILES string of the molecule is CO[C@@]12CC[C@@H](OCC3CC3)C[C@@H]1N(Cc1nc[nH]c1C)CC2. The summed E-state index contributed by atoms with van der Waals surface area (Å²) in [6, 6.07) is 0.460. The minimum absolute atomic E-state index is 0.0314. The van der Waals surface area contributed by atoms with E-state index in [2.05, 4.69) is 21.8 Å². The van der Waals surface area contributed by atoms with Gasteiger partial charge < -0.3 is 14.5 Å². The molecular formula is C18H29N3O2. The van der Waals surface area contributed by atoms with Gasteiger partial charge in [0.15, 0.2) is 0 Å². The van der Waals surface area contributed by atoms with Crippen LogP contribution >= 0.6 is 0 Å². The lowest BCUT2D eigenvalue weighted by molar-refractivity contribution is -0.103. The van der Waals surface area contributed by atoms with Gasteiger partial charge in [0, 0.05) is 38.5 Å². The zero-order valence-corrected chi connectivity index (χ0v) is 14.4. The quantitative estimate of drug-likeness (QED) is 0.876. The molecule has 1 aromatic heterocycles. The summed E-state index contributed by atoms with van der Waals surface area (Å²) in [7, 11) is 1.89. The first-order valence-corrected chi connectivity index (χ1v) is 9.10. The largest absolute Gasteiger partial charge is 0.378 e. The van der Waals surface area contributed by atoms with Crippen LogP contribution in [0.2, 0.25) is 0 Å². The van der Waals surface area contributed by atoms with Crippen molar-refractivity contribution in [3.63, 3.8) is 0 Å². The molecule has 1 aliphatic heterocycles. The number of rotatable bonds is 6. The standard InChI is InChI=1S/C18H29N3O2/c1-13-16(20-12-19-13)10-21-8-7-18(22-2)6-5-15(9-17(18)21)23-11-14-3-4-14/h12,14-15,17H,3-11H2,1-2H3,(H,19,20)/t15-,17+,18-/m1/s1. The molecule has 2 saturated carbocycles. The number of hydrogen-bond acceptors (Lipinski definition) is 4. The van der Waals surface area contributed by atoms with Gasteiger partial charge in [0.1, 0.15) is 0 Å². The van der Waals surface area contributed by atoms with Crippen molar-refractivity contribution in [1.29, 1.82) is 0 Å². The van der Waals surface area contributed by atoms with E-state index < -0.39 is 0 Å². The Labute approximate surface area is 138 Å². The molecular weight excluding hydrogens is 290 g/mol. The molecule has 1 N–H and O–H groups in total. The number of fused-ring (bicyclic) bond motifs is 1. The van der Waals surface area contributed by atoms with Crippen molar-refractivity contribution < 1.29 is 9.47 Å². The van der Waals surface area contributed by atoms with E-state index in [0.29, 0.717) is 12.1 Å². The molecule has 0 aromatic carbocycles. The monoisotopic (exact) mass is 319 g/mol. The lowest BCUT2D eigenvalue weighted by Gasteiger charge is -2.43. The molecule has 0 bridgehead atoms. The van der Waals surface area contributed by atoms with E-state index in [-0.39, 0.29) is 5.60 Å². The highest BCUT2D eigenvalue weighted by Gasteiger charge is 2.51. The summed E-state index contributed by atoms with van der Waals surface area (Å²) in [5, 5.41) is 0. The van der Waals surface area contributed by atoms with Crippen LogP contribution in [-0.2, 0) is 16.0 Å². The van der Waals surface area contributed by atoms with Crippen LogP contribution in [0.4, 0.5) is 0 Å². The highest BCUT2D eigenvalue weighted by atomic mass is 16.5. The Kier molecular flexibility index (Phi) is 4.20. The first kappa shape index (κ1) is 15.6. The van der Waals surface area contributed by atoms with E-state index in [1.807, 2.05) is 7.11 Å². The molecule has 2 heterocycles. The van der Waals surface area contributed by atoms with Gasteiger partial charge >= 0.3 is 0 Å². The van der Waals surface area contributed by atoms with E-state index in [9.17, 15) is 0 Å². The third-order valence-electron chi connectivity index (χ3n) is 6.20. The molecule has 0 radical (unpaired) electrons. The van der Waals surface area contributed by atoms with Crippen LogP contribution in [0.1, 0.15) is 49.9 Å². The fraction of sp³-hybridized carbons (Fsp3) is 0.833. The molecule has 0 unspecified atom stereocenters. The second-order valence-corrected chi connectivity index (χ2v) is 7.65. The number of hydrogen-bond donors (Lipinski definition) is 1. The number of aromatic amines is 1. The number of H-pyrrole nitrogens is 1. The average Bonchev–Trinajstić information content (AvgIpc) is 3.22. The molecule has 0 spiro atoms. The number of aryl methyl sites for hydroxylation is 1. The van der Waals surface area contributed by atoms with Gasteiger partial charge in [-0.15, -0.1) is 0 Å². The Bertz CT molecular complexity index is 542. The second-order valence-electron chi connectivity index (χ2n) is 7.65. The van der Waals surface area contributed by atoms with Gasteiger partial charge in [-0.25, -0.2) is 4.98 Å². The maximum absolute atomic E-state index is 6.21. The van der Waals surface area contributed by atoms with Gasteiger partial charge in [-0.1, -0.05) is 0 Å². The van der Waals surface area contributed by atoms with E-state index in [1.54, 1.807) is 6.33 Å². The topological polar surface area (TPSA) is 50.4 Å². The summed E-state index contributed by atoms with van der Waals surface area (Å²) >= 11 is 0. The van der Waals surface area contributed by atoms with Gasteiger partial charge in [-0.3, -0.25) is 4.90 Å². The van der Waals surface area contributed by atoms with Gasteiger partial charge in [0.2, 0.25) is 0 Å². The first-order valence-electron chi connectivity index (χ1n) is 9.10. The molecule has 128 valence electrons. The van der Waals surface area contributed by atoms with Gasteiger partial charge in [-0.2, -0.15) is 0 Å². The molecule has 4 rings (SSSR count). The fourth-order valence-electron chi connectivity index (χ4n) is 4.39. The van der Waals surface area contributed by atoms with E-state index >= 15 is 0 Å². The normalized spacial score (nSPS) is 34.7. The fourth-order valence-corrected chi connectivity index (χ4v) is 4.39. The van der Waals surface area contributed by atoms with Crippen LogP contribution in [0.25, 0.3) is 0 Å². The van der Waals surface area contributed by atoms with Crippen molar-refractivity contribution >= 4 is 0 Å². The zero-order valence-electron chi connectivity index (χ0n) is 14.4. The summed E-state index contributed by atoms with van der Waals surface area (Å²) in [5.74, 6) is 0.843. The summed E-state index contributed by atoms with van der Waals surface area (Å²) in [5.41, 5.74) is 2.37. The Hall–Kier alpha value is -0.910. The van der Waals surface area contributed by atoms with Crippen molar-refractivity contribution in [2.75, 3.05) is 20.3 Å². The molecule has 2 aliphatic carbocycles. The van der Waals surface area contributed by atoms with Gasteiger partial charge in [0.05, 0.1) is 23.7 Å². The predicted octanol–water partition coefficient (Wildman–Crippen LogP) is 2.66. The molecule has 3 fully saturated rings. The highest BCUT2D eigenvalue weighted by Crippen LogP contribution is 2.44. The third-order valence-corrected chi connectivity index (χ3v) is 6.20. The summed E-state index contributed by atoms with van der Waals surface area (Å²) in [6.07, 6.45) is 9.44. The Morgan fingerprint density at radius 3 is 2.91 bits per heavy atom. The molecule has 3 atom stereocenters. The number of nitrogens with zero attached hydrogens (tertiary/aromatic N) is 2. The van der Waals surface area contributed by atoms with Crippen LogP contribution in [0.5, 0.6) is 0 Å². The van der Waals surface area contributed by atoms with Gasteiger partial charge in [0.25, 0.3) is 0 Å². The lowest BCUT2D eigenvalue weighted by atomic mass is 9.79. The molecule has 1 aromatic rings. The molecule has 1 saturated heterocycles. The van der Waals surface area contributed by atoms with Crippen molar-refractivity contribution in [2.45, 2.75) is 69.7 Å². The van der Waals surface area contributed by atoms with E-state index in [1.165, 1.54) is 18.5 Å². The third kappa shape index (κ3) is 3.06. The minimum Gasteiger partial charge on any atom is -0.378 e. The Morgan fingerprint density at radius 2 is 2.22 bits per heavy atom. The predicted molar refractivity (Wildman–Crippen MR) is 88.2 cm³/mol. The van der Waals surface area contributed by atoms with Crippen molar-refractivity contribution in [2.24, 2.45) is 5.92 Å². The smallest absolute Gasteiger partial charge is 0.0925 e. The number of likely N-dealkylation sites (tertiary alicyclic amines) is 1. The number of ether oxygens (including phenoxy) is 2. The number of aromatic nitrogens is 2. The van der Waals surface area contributed by atoms with Crippen LogP contribution in [-0.4, -0.2) is 52.9 Å². The number of imidazole rings is 1. The Balaban J connectivity index is 1.44. The maximum atomic E-state index is 6.21. The van der Waals surface area contributed by atoms with E-state index in [4.69, 9.17) is 9.47 Å². The summed E-state index contributed by atoms with van der Waals surface area (Å²) < 4.78 is 12.3. The average molecular weight is 319 g/mol. The van der Waals surface area contributed by atoms with Crippen molar-refractivity contribution in [3.8, 4) is 0 Å². The van der Waals surface area contributed by atoms with Crippen molar-refractivity contribution in [1.82, 2.24) is 14.9 Å². The molecule has 0 amide bonds. The molecule has 3 aliphatic rings. The number of nitrogens with one attached hydrogen (secondary N) is 1. The highest BCUT2D eigenvalue weighted by molar-refractivity contribution is 5.12. The zero-order chi connectivity index (χ0) is 15.9. The summed E-state index contributed by atoms with van der Waals surface area (Å²) in [4.78, 5) is 10.2. The number of methoxy groups -OCH3 is 1. The summed E-state index contributed by atoms with van der Waals surface area (Å²) in [6.45, 7) is 5.08. The van der Waals surface area contributed by atoms with Gasteiger partial charge in [-0.05, 0) is 51.4 Å². The minimum atomic E-state index is 0.0314. The second kappa shape index (κ2) is 6.19. The first-order chi connectivity index (χ1) is 11.2. The van der Waals surface area contributed by atoms with E-state index in [0.717, 1.165) is 57.0 Å². The van der Waals surface area contributed by atoms with Crippen LogP contribution in [0.3, 0.4) is 0 Å². The molecule has 5 heteroatoms. The Morgan fingerprint density at radius 1 is 1.35 bits per heavy atom. The van der Waals surface area contributed by atoms with Crippen LogP contribution < -0.4 is 0 Å². The molecule has 23 heavy (non-hydrogen) atoms. The lowest BCUT2D eigenvalue weighted by Crippen LogP contribution is -2.51.